The first-order chi connectivity index (χ1) is 8.49. The highest BCUT2D eigenvalue weighted by atomic mass is 79.9. The van der Waals surface area contributed by atoms with Crippen LogP contribution in [0, 0.1) is 23.1 Å². The molecule has 1 atom stereocenters. The molecule has 0 saturated carbocycles. The van der Waals surface area contributed by atoms with Crippen LogP contribution in [0.5, 0.6) is 0 Å². The van der Waals surface area contributed by atoms with Crippen LogP contribution in [-0.2, 0) is 0 Å². The quantitative estimate of drug-likeness (QED) is 0.857. The molecule has 18 heavy (non-hydrogen) atoms. The number of halogens is 2. The van der Waals surface area contributed by atoms with Crippen LogP contribution in [0.2, 0.25) is 0 Å². The van der Waals surface area contributed by atoms with E-state index in [9.17, 15) is 9.18 Å². The van der Waals surface area contributed by atoms with E-state index in [1.165, 1.54) is 18.2 Å². The number of nitrogens with zero attached hydrogens (tertiary/aromatic N) is 2. The molecule has 0 aromatic heterocycles. The number of carbonyl (C=O) groups is 1. The highest BCUT2D eigenvalue weighted by Gasteiger charge is 2.19. The van der Waals surface area contributed by atoms with Gasteiger partial charge in [0.05, 0.1) is 17.6 Å². The van der Waals surface area contributed by atoms with Crippen molar-refractivity contribution in [3.05, 3.63) is 34.1 Å². The highest BCUT2D eigenvalue weighted by molar-refractivity contribution is 9.10. The molecule has 1 aromatic rings. The lowest BCUT2D eigenvalue weighted by atomic mass is 10.1. The first kappa shape index (κ1) is 14.7. The first-order valence-corrected chi connectivity index (χ1v) is 6.42. The maximum absolute atomic E-state index is 13.0. The van der Waals surface area contributed by atoms with Crippen LogP contribution in [0.15, 0.2) is 22.7 Å². The summed E-state index contributed by atoms with van der Waals surface area (Å²) in [5.41, 5.74) is 0.406. The van der Waals surface area contributed by atoms with Crippen molar-refractivity contribution < 1.29 is 9.18 Å². The normalized spacial score (nSPS) is 11.7. The highest BCUT2D eigenvalue weighted by Crippen LogP contribution is 2.20. The Bertz CT molecular complexity index is 484. The number of hydrogen-bond donors (Lipinski definition) is 0. The van der Waals surface area contributed by atoms with Crippen LogP contribution >= 0.6 is 15.9 Å². The van der Waals surface area contributed by atoms with E-state index in [4.69, 9.17) is 5.26 Å². The summed E-state index contributed by atoms with van der Waals surface area (Å²) in [6.45, 7) is 4.49. The predicted octanol–water partition coefficient (Wildman–Crippen LogP) is 3.21. The van der Waals surface area contributed by atoms with Crippen molar-refractivity contribution in [1.82, 2.24) is 4.90 Å². The third kappa shape index (κ3) is 3.54. The summed E-state index contributed by atoms with van der Waals surface area (Å²) >= 11 is 3.18. The van der Waals surface area contributed by atoms with Gasteiger partial charge < -0.3 is 4.90 Å². The molecule has 1 rings (SSSR count). The fraction of sp³-hybridized carbons (Fsp3) is 0.385. The summed E-state index contributed by atoms with van der Waals surface area (Å²) in [6, 6.07) is 6.05. The maximum atomic E-state index is 13.0. The van der Waals surface area contributed by atoms with Gasteiger partial charge in [-0.15, -0.1) is 0 Å². The summed E-state index contributed by atoms with van der Waals surface area (Å²) in [6.07, 6.45) is 0. The van der Waals surface area contributed by atoms with Crippen LogP contribution < -0.4 is 0 Å². The van der Waals surface area contributed by atoms with Gasteiger partial charge in [0.25, 0.3) is 5.91 Å². The van der Waals surface area contributed by atoms with Gasteiger partial charge in [-0.05, 0) is 48.0 Å². The van der Waals surface area contributed by atoms with Crippen LogP contribution in [0.3, 0.4) is 0 Å². The molecule has 5 heteroatoms. The third-order valence-electron chi connectivity index (χ3n) is 2.55. The first-order valence-electron chi connectivity index (χ1n) is 5.63. The minimum atomic E-state index is -0.396. The smallest absolute Gasteiger partial charge is 0.255 e. The molecule has 0 aliphatic heterocycles. The number of benzene rings is 1. The molecule has 0 spiro atoms. The molecule has 96 valence electrons. The van der Waals surface area contributed by atoms with Crippen molar-refractivity contribution in [2.75, 3.05) is 13.1 Å². The zero-order valence-corrected chi connectivity index (χ0v) is 11.9. The van der Waals surface area contributed by atoms with E-state index in [0.717, 1.165) is 0 Å². The summed E-state index contributed by atoms with van der Waals surface area (Å²) in [5, 5.41) is 8.78. The molecule has 0 N–H and O–H groups in total. The van der Waals surface area contributed by atoms with Gasteiger partial charge >= 0.3 is 0 Å². The van der Waals surface area contributed by atoms with E-state index in [1.807, 2.05) is 6.92 Å². The zero-order chi connectivity index (χ0) is 13.7. The lowest BCUT2D eigenvalue weighted by molar-refractivity contribution is 0.0751. The molecule has 0 saturated heterocycles. The summed E-state index contributed by atoms with van der Waals surface area (Å²) in [5.74, 6) is -0.827. The Kier molecular flexibility index (Phi) is 5.29. The number of carbonyl (C=O) groups excluding carboxylic acids is 1. The Morgan fingerprint density at radius 3 is 2.78 bits per heavy atom. The number of rotatable bonds is 4. The van der Waals surface area contributed by atoms with Gasteiger partial charge in [0, 0.05) is 17.6 Å². The molecule has 0 aliphatic carbocycles. The topological polar surface area (TPSA) is 44.1 Å². The Morgan fingerprint density at radius 2 is 2.28 bits per heavy atom. The predicted molar refractivity (Wildman–Crippen MR) is 70.5 cm³/mol. The van der Waals surface area contributed by atoms with E-state index in [1.54, 1.807) is 11.8 Å². The Labute approximate surface area is 114 Å². The minimum absolute atomic E-state index is 0.202. The van der Waals surface area contributed by atoms with Gasteiger partial charge in [-0.1, -0.05) is 0 Å². The van der Waals surface area contributed by atoms with Gasteiger partial charge in [0.1, 0.15) is 5.82 Å². The average Bonchev–Trinajstić information content (AvgIpc) is 2.34. The largest absolute Gasteiger partial charge is 0.338 e. The molecular formula is C13H14BrFN2O. The molecule has 1 amide bonds. The maximum Gasteiger partial charge on any atom is 0.255 e. The second-order valence-electron chi connectivity index (χ2n) is 4.00. The molecule has 0 radical (unpaired) electrons. The number of hydrogen-bond acceptors (Lipinski definition) is 2. The van der Waals surface area contributed by atoms with Crippen molar-refractivity contribution in [2.24, 2.45) is 5.92 Å². The van der Waals surface area contributed by atoms with Crippen molar-refractivity contribution >= 4 is 21.8 Å². The molecule has 3 nitrogen and oxygen atoms in total. The van der Waals surface area contributed by atoms with Gasteiger partial charge in [-0.2, -0.15) is 5.26 Å². The second kappa shape index (κ2) is 6.50. The van der Waals surface area contributed by atoms with E-state index in [-0.39, 0.29) is 11.8 Å². The van der Waals surface area contributed by atoms with Crippen LogP contribution in [0.4, 0.5) is 4.39 Å². The molecule has 0 fully saturated rings. The molecule has 0 heterocycles. The Hall–Kier alpha value is -1.41. The van der Waals surface area contributed by atoms with Gasteiger partial charge in [0.2, 0.25) is 0 Å². The average molecular weight is 313 g/mol. The fourth-order valence-corrected chi connectivity index (χ4v) is 2.08. The minimum Gasteiger partial charge on any atom is -0.338 e. The number of nitriles is 1. The summed E-state index contributed by atoms with van der Waals surface area (Å²) in [7, 11) is 0. The van der Waals surface area contributed by atoms with Gasteiger partial charge in [-0.25, -0.2) is 4.39 Å². The van der Waals surface area contributed by atoms with Crippen molar-refractivity contribution in [3.63, 3.8) is 0 Å². The van der Waals surface area contributed by atoms with Gasteiger partial charge in [0.15, 0.2) is 0 Å². The van der Waals surface area contributed by atoms with Crippen LogP contribution in [0.25, 0.3) is 0 Å². The van der Waals surface area contributed by atoms with Crippen molar-refractivity contribution in [2.45, 2.75) is 13.8 Å². The van der Waals surface area contributed by atoms with Crippen molar-refractivity contribution in [1.29, 1.82) is 5.26 Å². The van der Waals surface area contributed by atoms with Crippen LogP contribution in [0.1, 0.15) is 24.2 Å². The monoisotopic (exact) mass is 312 g/mol. The Balaban J connectivity index is 2.94. The Morgan fingerprint density at radius 1 is 1.61 bits per heavy atom. The van der Waals surface area contributed by atoms with E-state index < -0.39 is 5.82 Å². The standard InChI is InChI=1S/C13H14BrFN2O/c1-3-17(8-9(2)7-16)13(18)11-5-4-10(15)6-12(11)14/h4-6,9H,3,8H2,1-2H3. The molecule has 1 unspecified atom stereocenters. The van der Waals surface area contributed by atoms with E-state index in [0.29, 0.717) is 23.1 Å². The molecule has 0 bridgehead atoms. The molecule has 0 aliphatic rings. The van der Waals surface area contributed by atoms with Crippen LogP contribution in [-0.4, -0.2) is 23.9 Å². The second-order valence-corrected chi connectivity index (χ2v) is 4.85. The lowest BCUT2D eigenvalue weighted by Gasteiger charge is -2.22. The number of amides is 1. The van der Waals surface area contributed by atoms with Gasteiger partial charge in [-0.3, -0.25) is 4.79 Å². The SMILES string of the molecule is CCN(CC(C)C#N)C(=O)c1ccc(F)cc1Br. The lowest BCUT2D eigenvalue weighted by Crippen LogP contribution is -2.34. The van der Waals surface area contributed by atoms with E-state index >= 15 is 0 Å². The molecule has 1 aromatic carbocycles. The summed E-state index contributed by atoms with van der Waals surface area (Å²) < 4.78 is 13.4. The van der Waals surface area contributed by atoms with Crippen molar-refractivity contribution in [3.8, 4) is 6.07 Å². The van der Waals surface area contributed by atoms with E-state index in [2.05, 4.69) is 22.0 Å². The zero-order valence-electron chi connectivity index (χ0n) is 10.3. The summed E-state index contributed by atoms with van der Waals surface area (Å²) in [4.78, 5) is 13.8. The fourth-order valence-electron chi connectivity index (χ4n) is 1.56. The third-order valence-corrected chi connectivity index (χ3v) is 3.20. The molecular weight excluding hydrogens is 299 g/mol.